The van der Waals surface area contributed by atoms with Gasteiger partial charge in [0.2, 0.25) is 10.0 Å². The normalized spacial score (nSPS) is 17.1. The first kappa shape index (κ1) is 15.7. The van der Waals surface area contributed by atoms with Gasteiger partial charge in [-0.15, -0.1) is 0 Å². The molecule has 0 fully saturated rings. The van der Waals surface area contributed by atoms with Gasteiger partial charge in [0.05, 0.1) is 11.7 Å². The highest BCUT2D eigenvalue weighted by molar-refractivity contribution is 7.90. The van der Waals surface area contributed by atoms with Crippen LogP contribution in [0.15, 0.2) is 0 Å². The Kier molecular flexibility index (Phi) is 5.71. The third kappa shape index (κ3) is 6.29. The van der Waals surface area contributed by atoms with Gasteiger partial charge < -0.3 is 5.32 Å². The molecule has 0 aromatic rings. The standard InChI is InChI=1S/C8H17F3N2O2S/c1-6(4-8(9,10)11)13-16(14,15)7(2)5-12-3/h6-7,12-13H,4-5H2,1-3H3. The summed E-state index contributed by atoms with van der Waals surface area (Å²) in [4.78, 5) is 0. The van der Waals surface area contributed by atoms with Gasteiger partial charge in [-0.2, -0.15) is 13.2 Å². The van der Waals surface area contributed by atoms with E-state index in [-0.39, 0.29) is 6.54 Å². The summed E-state index contributed by atoms with van der Waals surface area (Å²) in [5, 5.41) is 1.88. The molecule has 0 aromatic carbocycles. The molecule has 2 atom stereocenters. The van der Waals surface area contributed by atoms with Crippen molar-refractivity contribution in [2.24, 2.45) is 0 Å². The Morgan fingerprint density at radius 2 is 1.75 bits per heavy atom. The molecule has 0 aliphatic rings. The Labute approximate surface area is 93.7 Å². The monoisotopic (exact) mass is 262 g/mol. The minimum atomic E-state index is -4.37. The topological polar surface area (TPSA) is 58.2 Å². The predicted octanol–water partition coefficient (Wildman–Crippen LogP) is 0.855. The van der Waals surface area contributed by atoms with Crippen molar-refractivity contribution in [3.8, 4) is 0 Å². The van der Waals surface area contributed by atoms with Crippen molar-refractivity contribution < 1.29 is 21.6 Å². The zero-order chi connectivity index (χ0) is 13.0. The highest BCUT2D eigenvalue weighted by Crippen LogP contribution is 2.21. The smallest absolute Gasteiger partial charge is 0.318 e. The molecule has 0 spiro atoms. The van der Waals surface area contributed by atoms with Crippen LogP contribution in [0.5, 0.6) is 0 Å². The number of rotatable bonds is 6. The van der Waals surface area contributed by atoms with E-state index in [9.17, 15) is 21.6 Å². The van der Waals surface area contributed by atoms with Crippen LogP contribution in [0.4, 0.5) is 13.2 Å². The molecule has 0 saturated carbocycles. The number of hydrogen-bond acceptors (Lipinski definition) is 3. The van der Waals surface area contributed by atoms with Crippen LogP contribution in [0, 0.1) is 0 Å². The van der Waals surface area contributed by atoms with E-state index in [1.807, 2.05) is 4.72 Å². The molecule has 2 N–H and O–H groups in total. The second-order valence-electron chi connectivity index (χ2n) is 3.75. The molecule has 0 saturated heterocycles. The summed E-state index contributed by atoms with van der Waals surface area (Å²) in [6.07, 6.45) is -5.54. The first-order valence-corrected chi connectivity index (χ1v) is 6.35. The van der Waals surface area contributed by atoms with Crippen molar-refractivity contribution in [2.75, 3.05) is 13.6 Å². The second-order valence-corrected chi connectivity index (χ2v) is 5.88. The van der Waals surface area contributed by atoms with Crippen molar-refractivity contribution in [1.29, 1.82) is 0 Å². The molecule has 98 valence electrons. The summed E-state index contributed by atoms with van der Waals surface area (Å²) in [6.45, 7) is 2.81. The maximum Gasteiger partial charge on any atom is 0.390 e. The van der Waals surface area contributed by atoms with Crippen molar-refractivity contribution in [2.45, 2.75) is 37.7 Å². The van der Waals surface area contributed by atoms with Crippen LogP contribution in [-0.2, 0) is 10.0 Å². The van der Waals surface area contributed by atoms with Crippen molar-refractivity contribution in [3.05, 3.63) is 0 Å². The lowest BCUT2D eigenvalue weighted by Crippen LogP contribution is -2.43. The van der Waals surface area contributed by atoms with Crippen LogP contribution < -0.4 is 10.0 Å². The molecule has 0 heterocycles. The van der Waals surface area contributed by atoms with E-state index < -0.39 is 33.9 Å². The summed E-state index contributed by atoms with van der Waals surface area (Å²) in [6, 6.07) is -1.15. The van der Waals surface area contributed by atoms with Crippen LogP contribution in [0.1, 0.15) is 20.3 Å². The lowest BCUT2D eigenvalue weighted by molar-refractivity contribution is -0.137. The van der Waals surface area contributed by atoms with E-state index in [2.05, 4.69) is 5.32 Å². The number of nitrogens with one attached hydrogen (secondary N) is 2. The lowest BCUT2D eigenvalue weighted by Gasteiger charge is -2.19. The van der Waals surface area contributed by atoms with Gasteiger partial charge in [0.15, 0.2) is 0 Å². The summed E-state index contributed by atoms with van der Waals surface area (Å²) in [7, 11) is -2.13. The molecule has 0 aliphatic carbocycles. The van der Waals surface area contributed by atoms with Gasteiger partial charge in [0.25, 0.3) is 0 Å². The zero-order valence-corrected chi connectivity index (χ0v) is 10.2. The van der Waals surface area contributed by atoms with Crippen LogP contribution in [0.2, 0.25) is 0 Å². The molecule has 0 aromatic heterocycles. The van der Waals surface area contributed by atoms with Gasteiger partial charge in [0, 0.05) is 12.6 Å². The Morgan fingerprint density at radius 1 is 1.25 bits per heavy atom. The van der Waals surface area contributed by atoms with Gasteiger partial charge in [0.1, 0.15) is 0 Å². The minimum Gasteiger partial charge on any atom is -0.318 e. The molecule has 0 amide bonds. The summed E-state index contributed by atoms with van der Waals surface area (Å²) < 4.78 is 61.0. The molecule has 4 nitrogen and oxygen atoms in total. The number of sulfonamides is 1. The quantitative estimate of drug-likeness (QED) is 0.746. The maximum atomic E-state index is 12.0. The second kappa shape index (κ2) is 5.83. The van der Waals surface area contributed by atoms with Crippen molar-refractivity contribution >= 4 is 10.0 Å². The lowest BCUT2D eigenvalue weighted by atomic mass is 10.2. The number of alkyl halides is 3. The summed E-state index contributed by atoms with van der Waals surface area (Å²) in [5.74, 6) is 0. The van der Waals surface area contributed by atoms with Crippen LogP contribution >= 0.6 is 0 Å². The predicted molar refractivity (Wildman–Crippen MR) is 55.6 cm³/mol. The van der Waals surface area contributed by atoms with Crippen LogP contribution in [0.25, 0.3) is 0 Å². The zero-order valence-electron chi connectivity index (χ0n) is 9.43. The fourth-order valence-electron chi connectivity index (χ4n) is 1.18. The summed E-state index contributed by atoms with van der Waals surface area (Å²) in [5.41, 5.74) is 0. The van der Waals surface area contributed by atoms with Crippen LogP contribution in [-0.4, -0.2) is 39.5 Å². The molecule has 0 bridgehead atoms. The molecule has 2 unspecified atom stereocenters. The molecule has 8 heteroatoms. The number of halogens is 3. The summed E-state index contributed by atoms with van der Waals surface area (Å²) >= 11 is 0. The van der Waals surface area contributed by atoms with Gasteiger partial charge in [-0.3, -0.25) is 0 Å². The molecular formula is C8H17F3N2O2S. The van der Waals surface area contributed by atoms with Gasteiger partial charge in [-0.1, -0.05) is 0 Å². The fourth-order valence-corrected chi connectivity index (χ4v) is 2.45. The highest BCUT2D eigenvalue weighted by Gasteiger charge is 2.32. The largest absolute Gasteiger partial charge is 0.390 e. The fraction of sp³-hybridized carbons (Fsp3) is 1.00. The Hall–Kier alpha value is -0.340. The van der Waals surface area contributed by atoms with Crippen molar-refractivity contribution in [3.63, 3.8) is 0 Å². The molecule has 0 rings (SSSR count). The molecule has 16 heavy (non-hydrogen) atoms. The van der Waals surface area contributed by atoms with E-state index in [1.54, 1.807) is 7.05 Å². The highest BCUT2D eigenvalue weighted by atomic mass is 32.2. The van der Waals surface area contributed by atoms with Gasteiger partial charge in [-0.05, 0) is 20.9 Å². The van der Waals surface area contributed by atoms with Crippen LogP contribution in [0.3, 0.4) is 0 Å². The third-order valence-corrected chi connectivity index (χ3v) is 3.88. The Morgan fingerprint density at radius 3 is 2.12 bits per heavy atom. The van der Waals surface area contributed by atoms with E-state index in [0.29, 0.717) is 0 Å². The SMILES string of the molecule is CNCC(C)S(=O)(=O)NC(C)CC(F)(F)F. The van der Waals surface area contributed by atoms with E-state index >= 15 is 0 Å². The van der Waals surface area contributed by atoms with E-state index in [1.165, 1.54) is 13.8 Å². The average molecular weight is 262 g/mol. The first-order valence-electron chi connectivity index (χ1n) is 4.81. The Balaban J connectivity index is 4.37. The minimum absolute atomic E-state index is 0.189. The molecule has 0 radical (unpaired) electrons. The van der Waals surface area contributed by atoms with Gasteiger partial charge in [-0.25, -0.2) is 13.1 Å². The number of hydrogen-bond donors (Lipinski definition) is 2. The van der Waals surface area contributed by atoms with E-state index in [4.69, 9.17) is 0 Å². The molecular weight excluding hydrogens is 245 g/mol. The van der Waals surface area contributed by atoms with Crippen molar-refractivity contribution in [1.82, 2.24) is 10.0 Å². The first-order chi connectivity index (χ1) is 7.08. The maximum absolute atomic E-state index is 12.0. The third-order valence-electron chi connectivity index (χ3n) is 1.92. The molecule has 0 aliphatic heterocycles. The van der Waals surface area contributed by atoms with Gasteiger partial charge >= 0.3 is 6.18 Å². The average Bonchev–Trinajstić information content (AvgIpc) is 1.99. The Bertz CT molecular complexity index is 303. The van der Waals surface area contributed by atoms with E-state index in [0.717, 1.165) is 0 Å².